The van der Waals surface area contributed by atoms with E-state index in [1.165, 1.54) is 11.8 Å². The molecule has 0 fully saturated rings. The van der Waals surface area contributed by atoms with Crippen LogP contribution in [-0.4, -0.2) is 24.6 Å². The van der Waals surface area contributed by atoms with Gasteiger partial charge in [-0.1, -0.05) is 35.3 Å². The van der Waals surface area contributed by atoms with Crippen LogP contribution in [0.2, 0.25) is 10.0 Å². The molecule has 0 saturated heterocycles. The maximum atomic E-state index is 12.5. The van der Waals surface area contributed by atoms with Gasteiger partial charge >= 0.3 is 0 Å². The van der Waals surface area contributed by atoms with Crippen LogP contribution in [0.25, 0.3) is 0 Å². The molecule has 0 heterocycles. The van der Waals surface area contributed by atoms with Crippen LogP contribution in [0.3, 0.4) is 0 Å². The fourth-order valence-electron chi connectivity index (χ4n) is 2.53. The number of carbonyl (C=O) groups excluding carboxylic acids is 2. The number of carbonyl (C=O) groups is 2. The van der Waals surface area contributed by atoms with Gasteiger partial charge in [-0.05, 0) is 54.6 Å². The van der Waals surface area contributed by atoms with Gasteiger partial charge in [-0.15, -0.1) is 11.8 Å². The number of nitrogens with one attached hydrogen (secondary N) is 1. The maximum Gasteiger partial charge on any atom is 0.255 e. The van der Waals surface area contributed by atoms with E-state index < -0.39 is 0 Å². The molecule has 1 N–H and O–H groups in total. The van der Waals surface area contributed by atoms with Crippen LogP contribution in [0.5, 0.6) is 5.75 Å². The summed E-state index contributed by atoms with van der Waals surface area (Å²) in [5, 5.41) is 3.62. The molecule has 1 amide bonds. The van der Waals surface area contributed by atoms with E-state index in [4.69, 9.17) is 27.9 Å². The number of Topliss-reactive ketones (excluding diaryl/α,β-unsaturated/α-hetero) is 1. The number of ketones is 1. The Hall–Kier alpha value is -2.47. The lowest BCUT2D eigenvalue weighted by Gasteiger charge is -2.08. The molecule has 4 nitrogen and oxygen atoms in total. The van der Waals surface area contributed by atoms with Crippen molar-refractivity contribution >= 4 is 52.3 Å². The molecule has 0 aromatic heterocycles. The molecular formula is C22H17Cl2NO3S. The number of thioether (sulfide) groups is 1. The smallest absolute Gasteiger partial charge is 0.255 e. The van der Waals surface area contributed by atoms with Crippen molar-refractivity contribution in [2.45, 2.75) is 4.90 Å². The van der Waals surface area contributed by atoms with Crippen LogP contribution in [0, 0.1) is 0 Å². The largest absolute Gasteiger partial charge is 0.497 e. The molecule has 0 aliphatic heterocycles. The average molecular weight is 446 g/mol. The molecule has 7 heteroatoms. The predicted molar refractivity (Wildman–Crippen MR) is 119 cm³/mol. The second-order valence-electron chi connectivity index (χ2n) is 6.05. The van der Waals surface area contributed by atoms with Gasteiger partial charge in [-0.2, -0.15) is 0 Å². The number of anilines is 1. The Morgan fingerprint density at radius 1 is 0.931 bits per heavy atom. The number of hydrogen-bond donors (Lipinski definition) is 1. The summed E-state index contributed by atoms with van der Waals surface area (Å²) in [6.07, 6.45) is 0. The molecule has 0 unspecified atom stereocenters. The van der Waals surface area contributed by atoms with Crippen LogP contribution in [0.15, 0.2) is 71.6 Å². The lowest BCUT2D eigenvalue weighted by atomic mass is 10.1. The summed E-state index contributed by atoms with van der Waals surface area (Å²) in [5.41, 5.74) is 1.65. The van der Waals surface area contributed by atoms with Gasteiger partial charge < -0.3 is 10.1 Å². The van der Waals surface area contributed by atoms with Crippen LogP contribution in [0.1, 0.15) is 20.7 Å². The molecule has 0 bridgehead atoms. The molecule has 3 aromatic rings. The van der Waals surface area contributed by atoms with Crippen molar-refractivity contribution in [1.82, 2.24) is 0 Å². The normalized spacial score (nSPS) is 10.4. The van der Waals surface area contributed by atoms with E-state index in [-0.39, 0.29) is 17.4 Å². The van der Waals surface area contributed by atoms with E-state index in [0.717, 1.165) is 4.90 Å². The summed E-state index contributed by atoms with van der Waals surface area (Å²) in [7, 11) is 1.55. The van der Waals surface area contributed by atoms with Crippen LogP contribution >= 0.6 is 35.0 Å². The minimum Gasteiger partial charge on any atom is -0.497 e. The minimum absolute atomic E-state index is 0.0561. The minimum atomic E-state index is -0.238. The van der Waals surface area contributed by atoms with E-state index >= 15 is 0 Å². The zero-order chi connectivity index (χ0) is 20.8. The van der Waals surface area contributed by atoms with Crippen molar-refractivity contribution in [3.63, 3.8) is 0 Å². The van der Waals surface area contributed by atoms with E-state index in [1.54, 1.807) is 55.6 Å². The van der Waals surface area contributed by atoms with Crippen molar-refractivity contribution in [1.29, 1.82) is 0 Å². The molecular weight excluding hydrogens is 429 g/mol. The van der Waals surface area contributed by atoms with Crippen LogP contribution in [0.4, 0.5) is 5.69 Å². The van der Waals surface area contributed by atoms with E-state index in [1.807, 2.05) is 18.2 Å². The van der Waals surface area contributed by atoms with Gasteiger partial charge in [-0.3, -0.25) is 9.59 Å². The van der Waals surface area contributed by atoms with Crippen molar-refractivity contribution in [2.24, 2.45) is 0 Å². The van der Waals surface area contributed by atoms with Gasteiger partial charge in [0.2, 0.25) is 0 Å². The van der Waals surface area contributed by atoms with Crippen LogP contribution < -0.4 is 10.1 Å². The van der Waals surface area contributed by atoms with Crippen molar-refractivity contribution in [3.05, 3.63) is 87.9 Å². The summed E-state index contributed by atoms with van der Waals surface area (Å²) >= 11 is 13.2. The molecule has 0 spiro atoms. The highest BCUT2D eigenvalue weighted by atomic mass is 35.5. The first-order chi connectivity index (χ1) is 14.0. The van der Waals surface area contributed by atoms with E-state index in [0.29, 0.717) is 32.6 Å². The molecule has 0 aliphatic carbocycles. The molecule has 3 aromatic carbocycles. The molecule has 148 valence electrons. The van der Waals surface area contributed by atoms with Gasteiger partial charge in [0.15, 0.2) is 5.78 Å². The summed E-state index contributed by atoms with van der Waals surface area (Å²) in [5.74, 6) is 0.561. The van der Waals surface area contributed by atoms with Gasteiger partial charge in [-0.25, -0.2) is 0 Å². The molecule has 29 heavy (non-hydrogen) atoms. The fourth-order valence-corrected chi connectivity index (χ4v) is 3.68. The second kappa shape index (κ2) is 9.83. The highest BCUT2D eigenvalue weighted by molar-refractivity contribution is 8.00. The van der Waals surface area contributed by atoms with Crippen molar-refractivity contribution in [3.8, 4) is 5.75 Å². The number of hydrogen-bond acceptors (Lipinski definition) is 4. The molecule has 3 rings (SSSR count). The lowest BCUT2D eigenvalue weighted by molar-refractivity contribution is 0.101. The number of rotatable bonds is 7. The quantitative estimate of drug-likeness (QED) is 0.345. The Morgan fingerprint density at radius 2 is 1.72 bits per heavy atom. The third-order valence-electron chi connectivity index (χ3n) is 4.04. The third kappa shape index (κ3) is 5.76. The Morgan fingerprint density at radius 3 is 2.48 bits per heavy atom. The first-order valence-corrected chi connectivity index (χ1v) is 10.4. The second-order valence-corrected chi connectivity index (χ2v) is 7.92. The SMILES string of the molecule is COc1cccc(C(=O)Nc2cccc(SCC(=O)c3ccc(Cl)c(Cl)c3)c2)c1. The first kappa shape index (κ1) is 21.2. The monoisotopic (exact) mass is 445 g/mol. The molecule has 0 radical (unpaired) electrons. The Balaban J connectivity index is 1.63. The number of methoxy groups -OCH3 is 1. The fraction of sp³-hybridized carbons (Fsp3) is 0.0909. The van der Waals surface area contributed by atoms with Gasteiger partial charge in [0.05, 0.1) is 22.9 Å². The van der Waals surface area contributed by atoms with Crippen LogP contribution in [-0.2, 0) is 0 Å². The molecule has 0 saturated carbocycles. The van der Waals surface area contributed by atoms with E-state index in [9.17, 15) is 9.59 Å². The summed E-state index contributed by atoms with van der Waals surface area (Å²) in [6, 6.07) is 19.1. The zero-order valence-electron chi connectivity index (χ0n) is 15.4. The Bertz CT molecular complexity index is 1060. The predicted octanol–water partition coefficient (Wildman–Crippen LogP) is 6.23. The third-order valence-corrected chi connectivity index (χ3v) is 5.77. The number of ether oxygens (including phenoxy) is 1. The molecule has 0 atom stereocenters. The number of benzene rings is 3. The summed E-state index contributed by atoms with van der Waals surface area (Å²) in [4.78, 5) is 25.7. The topological polar surface area (TPSA) is 55.4 Å². The Kier molecular flexibility index (Phi) is 7.20. The summed E-state index contributed by atoms with van der Waals surface area (Å²) < 4.78 is 5.15. The number of halogens is 2. The lowest BCUT2D eigenvalue weighted by Crippen LogP contribution is -2.11. The van der Waals surface area contributed by atoms with Gasteiger partial charge in [0, 0.05) is 21.7 Å². The van der Waals surface area contributed by atoms with Crippen molar-refractivity contribution < 1.29 is 14.3 Å². The zero-order valence-corrected chi connectivity index (χ0v) is 17.8. The Labute approximate surface area is 183 Å². The van der Waals surface area contributed by atoms with E-state index in [2.05, 4.69) is 5.32 Å². The first-order valence-electron chi connectivity index (χ1n) is 8.63. The van der Waals surface area contributed by atoms with Crippen molar-refractivity contribution in [2.75, 3.05) is 18.2 Å². The average Bonchev–Trinajstić information content (AvgIpc) is 2.74. The number of amides is 1. The van der Waals surface area contributed by atoms with Gasteiger partial charge in [0.25, 0.3) is 5.91 Å². The highest BCUT2D eigenvalue weighted by Crippen LogP contribution is 2.26. The maximum absolute atomic E-state index is 12.5. The summed E-state index contributed by atoms with van der Waals surface area (Å²) in [6.45, 7) is 0. The standard InChI is InChI=1S/C22H17Cl2NO3S/c1-28-17-6-2-4-15(10-17)22(27)25-16-5-3-7-18(12-16)29-13-21(26)14-8-9-19(23)20(24)11-14/h2-12H,13H2,1H3,(H,25,27). The highest BCUT2D eigenvalue weighted by Gasteiger charge is 2.11. The molecule has 0 aliphatic rings. The van der Waals surface area contributed by atoms with Gasteiger partial charge in [0.1, 0.15) is 5.75 Å².